The average molecular weight is 124 g/mol. The van der Waals surface area contributed by atoms with E-state index < -0.39 is 0 Å². The summed E-state index contributed by atoms with van der Waals surface area (Å²) in [4.78, 5) is 7.09. The van der Waals surface area contributed by atoms with Gasteiger partial charge in [-0.15, -0.1) is 0 Å². The molecule has 0 amide bonds. The lowest BCUT2D eigenvalue weighted by Crippen LogP contribution is -2.02. The minimum absolute atomic E-state index is 0.0729. The fourth-order valence-corrected chi connectivity index (χ4v) is 0.459. The molecule has 1 radical (unpaired) electrons. The number of nitrogen functional groups attached to an aromatic ring is 3. The fraction of sp³-hybridized carbons (Fsp3) is 0. The van der Waals surface area contributed by atoms with Crippen molar-refractivity contribution < 1.29 is 0 Å². The Labute approximate surface area is 51.9 Å². The Morgan fingerprint density at radius 2 is 1.44 bits per heavy atom. The summed E-state index contributed by atoms with van der Waals surface area (Å²) in [5, 5.41) is 0. The van der Waals surface area contributed by atoms with Crippen molar-refractivity contribution in [3.8, 4) is 0 Å². The predicted octanol–water partition coefficient (Wildman–Crippen LogP) is -0.977. The molecule has 0 saturated heterocycles. The molecule has 1 rings (SSSR count). The van der Waals surface area contributed by atoms with Crippen LogP contribution in [0.25, 0.3) is 0 Å². The molecule has 0 aliphatic rings. The van der Waals surface area contributed by atoms with Crippen LogP contribution in [-0.2, 0) is 0 Å². The lowest BCUT2D eigenvalue weighted by atomic mass is 10.5. The first kappa shape index (κ1) is 5.61. The van der Waals surface area contributed by atoms with Crippen LogP contribution in [0.1, 0.15) is 0 Å². The zero-order valence-electron chi connectivity index (χ0n) is 4.63. The molecule has 6 N–H and O–H groups in total. The zero-order valence-corrected chi connectivity index (χ0v) is 4.63. The minimum Gasteiger partial charge on any atom is -0.383 e. The van der Waals surface area contributed by atoms with Crippen LogP contribution in [0.15, 0.2) is 0 Å². The first-order valence-corrected chi connectivity index (χ1v) is 2.26. The van der Waals surface area contributed by atoms with E-state index in [9.17, 15) is 0 Å². The maximum Gasteiger partial charge on any atom is 0.223 e. The predicted molar refractivity (Wildman–Crippen MR) is 34.1 cm³/mol. The standard InChI is InChI=1S/C4H6N5/c5-2-1-3(6)9-4(7)8-2/h(H6,5,6,7,8,9). The molecule has 0 bridgehead atoms. The van der Waals surface area contributed by atoms with Gasteiger partial charge in [0.05, 0.1) is 6.07 Å². The Balaban J connectivity index is 3.17. The smallest absolute Gasteiger partial charge is 0.223 e. The highest BCUT2D eigenvalue weighted by Gasteiger charge is 1.93. The van der Waals surface area contributed by atoms with Gasteiger partial charge in [0.25, 0.3) is 0 Å². The van der Waals surface area contributed by atoms with Crippen molar-refractivity contribution in [3.05, 3.63) is 6.07 Å². The molecule has 0 aromatic carbocycles. The SMILES string of the molecule is Nc1[c]c(N)nc(N)n1. The molecule has 0 atom stereocenters. The van der Waals surface area contributed by atoms with E-state index >= 15 is 0 Å². The zero-order chi connectivity index (χ0) is 6.85. The van der Waals surface area contributed by atoms with Crippen molar-refractivity contribution in [1.29, 1.82) is 0 Å². The van der Waals surface area contributed by atoms with E-state index in [0.29, 0.717) is 0 Å². The van der Waals surface area contributed by atoms with Crippen molar-refractivity contribution in [2.24, 2.45) is 0 Å². The van der Waals surface area contributed by atoms with E-state index in [-0.39, 0.29) is 17.6 Å². The maximum atomic E-state index is 5.19. The molecule has 5 heteroatoms. The molecule has 0 fully saturated rings. The highest BCUT2D eigenvalue weighted by atomic mass is 15.1. The molecule has 1 aromatic heterocycles. The summed E-state index contributed by atoms with van der Waals surface area (Å²) in [5.41, 5.74) is 15.5. The van der Waals surface area contributed by atoms with E-state index in [1.54, 1.807) is 0 Å². The van der Waals surface area contributed by atoms with Gasteiger partial charge in [0, 0.05) is 0 Å². The second kappa shape index (κ2) is 1.77. The van der Waals surface area contributed by atoms with Gasteiger partial charge in [-0.1, -0.05) is 0 Å². The Morgan fingerprint density at radius 1 is 1.00 bits per heavy atom. The quantitative estimate of drug-likeness (QED) is 0.412. The van der Waals surface area contributed by atoms with Crippen LogP contribution in [-0.4, -0.2) is 9.97 Å². The number of hydrogen-bond donors (Lipinski definition) is 3. The van der Waals surface area contributed by atoms with E-state index in [1.165, 1.54) is 0 Å². The van der Waals surface area contributed by atoms with Crippen LogP contribution in [0.3, 0.4) is 0 Å². The molecule has 5 nitrogen and oxygen atoms in total. The van der Waals surface area contributed by atoms with Gasteiger partial charge in [-0.2, -0.15) is 9.97 Å². The molecule has 0 aliphatic carbocycles. The maximum absolute atomic E-state index is 5.19. The topological polar surface area (TPSA) is 104 Å². The van der Waals surface area contributed by atoms with Crippen molar-refractivity contribution in [2.75, 3.05) is 17.2 Å². The van der Waals surface area contributed by atoms with Gasteiger partial charge in [-0.25, -0.2) is 0 Å². The Morgan fingerprint density at radius 3 is 1.78 bits per heavy atom. The van der Waals surface area contributed by atoms with Crippen LogP contribution >= 0.6 is 0 Å². The van der Waals surface area contributed by atoms with E-state index in [2.05, 4.69) is 16.0 Å². The summed E-state index contributed by atoms with van der Waals surface area (Å²) in [7, 11) is 0. The number of nitrogens with two attached hydrogens (primary N) is 3. The van der Waals surface area contributed by atoms with Gasteiger partial charge in [-0.3, -0.25) is 0 Å². The fourth-order valence-electron chi connectivity index (χ4n) is 0.459. The molecular weight excluding hydrogens is 118 g/mol. The van der Waals surface area contributed by atoms with Crippen LogP contribution in [0.2, 0.25) is 0 Å². The largest absolute Gasteiger partial charge is 0.383 e. The van der Waals surface area contributed by atoms with Gasteiger partial charge < -0.3 is 17.2 Å². The number of anilines is 3. The number of rotatable bonds is 0. The van der Waals surface area contributed by atoms with E-state index in [0.717, 1.165) is 0 Å². The van der Waals surface area contributed by atoms with Gasteiger partial charge in [0.2, 0.25) is 5.95 Å². The number of hydrogen-bond acceptors (Lipinski definition) is 5. The van der Waals surface area contributed by atoms with Crippen molar-refractivity contribution in [2.45, 2.75) is 0 Å². The number of nitrogens with zero attached hydrogens (tertiary/aromatic N) is 2. The lowest BCUT2D eigenvalue weighted by Gasteiger charge is -1.94. The first-order valence-electron chi connectivity index (χ1n) is 2.26. The highest BCUT2D eigenvalue weighted by molar-refractivity contribution is 5.43. The first-order chi connectivity index (χ1) is 4.18. The van der Waals surface area contributed by atoms with Crippen molar-refractivity contribution in [3.63, 3.8) is 0 Å². The van der Waals surface area contributed by atoms with E-state index in [4.69, 9.17) is 17.2 Å². The van der Waals surface area contributed by atoms with Gasteiger partial charge in [0.15, 0.2) is 0 Å². The number of aromatic nitrogens is 2. The van der Waals surface area contributed by atoms with Gasteiger partial charge in [0.1, 0.15) is 11.6 Å². The van der Waals surface area contributed by atoms with Crippen molar-refractivity contribution >= 4 is 17.6 Å². The second-order valence-corrected chi connectivity index (χ2v) is 1.48. The Bertz CT molecular complexity index is 170. The Hall–Kier alpha value is -1.52. The van der Waals surface area contributed by atoms with Crippen LogP contribution in [0.4, 0.5) is 17.6 Å². The molecule has 47 valence electrons. The summed E-state index contributed by atoms with van der Waals surface area (Å²) in [6, 6.07) is 2.46. The monoisotopic (exact) mass is 124 g/mol. The molecule has 0 spiro atoms. The third-order valence-corrected chi connectivity index (χ3v) is 0.726. The molecule has 0 saturated carbocycles. The highest BCUT2D eigenvalue weighted by Crippen LogP contribution is 2.02. The van der Waals surface area contributed by atoms with Gasteiger partial charge >= 0.3 is 0 Å². The van der Waals surface area contributed by atoms with Crippen LogP contribution in [0.5, 0.6) is 0 Å². The molecule has 1 aromatic rings. The third-order valence-electron chi connectivity index (χ3n) is 0.726. The summed E-state index contributed by atoms with van der Waals surface area (Å²) in [6.45, 7) is 0. The minimum atomic E-state index is 0.0729. The molecule has 0 aliphatic heterocycles. The Kier molecular flexibility index (Phi) is 1.11. The molecular formula is C4H6N5. The summed E-state index contributed by atoms with van der Waals surface area (Å²) >= 11 is 0. The lowest BCUT2D eigenvalue weighted by molar-refractivity contribution is 1.20. The summed E-state index contributed by atoms with van der Waals surface area (Å²) in [6.07, 6.45) is 0. The average Bonchev–Trinajstić information content (AvgIpc) is 1.59. The van der Waals surface area contributed by atoms with Crippen LogP contribution in [0, 0.1) is 6.07 Å². The van der Waals surface area contributed by atoms with Crippen molar-refractivity contribution in [1.82, 2.24) is 9.97 Å². The van der Waals surface area contributed by atoms with E-state index in [1.807, 2.05) is 0 Å². The molecule has 1 heterocycles. The normalized spacial score (nSPS) is 9.33. The third kappa shape index (κ3) is 1.18. The van der Waals surface area contributed by atoms with Crippen LogP contribution < -0.4 is 17.2 Å². The second-order valence-electron chi connectivity index (χ2n) is 1.48. The molecule has 0 unspecified atom stereocenters. The van der Waals surface area contributed by atoms with Gasteiger partial charge in [-0.05, 0) is 0 Å². The summed E-state index contributed by atoms with van der Waals surface area (Å²) in [5.74, 6) is 0.406. The molecule has 9 heavy (non-hydrogen) atoms. The summed E-state index contributed by atoms with van der Waals surface area (Å²) < 4.78 is 0.